The molecule has 0 aliphatic carbocycles. The normalized spacial score (nSPS) is 12.5. The van der Waals surface area contributed by atoms with Crippen molar-refractivity contribution in [3.8, 4) is 6.01 Å². The first-order chi connectivity index (χ1) is 15.8. The molecule has 0 saturated carbocycles. The minimum atomic E-state index is -5.14. The molecule has 1 aromatic heterocycles. The van der Waals surface area contributed by atoms with Crippen LogP contribution < -0.4 is 10.1 Å². The van der Waals surface area contributed by atoms with Crippen molar-refractivity contribution in [2.45, 2.75) is 25.5 Å². The van der Waals surface area contributed by atoms with Crippen molar-refractivity contribution in [3.63, 3.8) is 0 Å². The molecule has 0 aliphatic rings. The van der Waals surface area contributed by atoms with Gasteiger partial charge in [0.2, 0.25) is 0 Å². The van der Waals surface area contributed by atoms with E-state index in [1.165, 1.54) is 20.0 Å². The molecule has 0 spiro atoms. The molecule has 184 valence electrons. The maximum atomic E-state index is 13.2. The van der Waals surface area contributed by atoms with Gasteiger partial charge in [0.15, 0.2) is 6.23 Å². The van der Waals surface area contributed by atoms with Crippen molar-refractivity contribution in [2.24, 2.45) is 0 Å². The Labute approximate surface area is 188 Å². The number of halogens is 6. The molecular formula is C20H17F6N3O5. The number of aromatic nitrogens is 2. The van der Waals surface area contributed by atoms with Gasteiger partial charge in [0.05, 0.1) is 36.6 Å². The van der Waals surface area contributed by atoms with Crippen molar-refractivity contribution >= 4 is 23.3 Å². The van der Waals surface area contributed by atoms with E-state index in [0.717, 1.165) is 13.3 Å². The fourth-order valence-electron chi connectivity index (χ4n) is 2.68. The fraction of sp³-hybridized carbons (Fsp3) is 0.350. The van der Waals surface area contributed by atoms with Gasteiger partial charge in [-0.05, 0) is 30.7 Å². The number of nitrogens with one attached hydrogen (secondary N) is 1. The van der Waals surface area contributed by atoms with Crippen LogP contribution in [0.25, 0.3) is 5.57 Å². The van der Waals surface area contributed by atoms with Gasteiger partial charge in [-0.1, -0.05) is 0 Å². The lowest BCUT2D eigenvalue weighted by molar-refractivity contribution is -0.143. The van der Waals surface area contributed by atoms with Crippen LogP contribution in [-0.4, -0.2) is 48.9 Å². The van der Waals surface area contributed by atoms with Crippen LogP contribution in [0.2, 0.25) is 0 Å². The van der Waals surface area contributed by atoms with Crippen molar-refractivity contribution < 1.29 is 50.1 Å². The highest BCUT2D eigenvalue weighted by Gasteiger charge is 2.38. The molecule has 0 bridgehead atoms. The number of carbonyl (C=O) groups is 1. The first-order valence-corrected chi connectivity index (χ1v) is 9.28. The Morgan fingerprint density at radius 3 is 2.12 bits per heavy atom. The molecule has 1 heterocycles. The van der Waals surface area contributed by atoms with Gasteiger partial charge in [-0.15, -0.1) is 0 Å². The highest BCUT2D eigenvalue weighted by atomic mass is 19.4. The molecule has 0 aliphatic heterocycles. The minimum absolute atomic E-state index is 0.0258. The second-order valence-electron chi connectivity index (χ2n) is 6.41. The summed E-state index contributed by atoms with van der Waals surface area (Å²) in [5.74, 6) is 0.0720. The van der Waals surface area contributed by atoms with Gasteiger partial charge >= 0.3 is 24.3 Å². The van der Waals surface area contributed by atoms with E-state index in [9.17, 15) is 35.9 Å². The summed E-state index contributed by atoms with van der Waals surface area (Å²) < 4.78 is 94.1. The standard InChI is InChI=1S/C20H17F6N3O5/c1-4-34-17(31)13-8-27-18(33-3)29-15(13)28-16(32-2)14(9-30)10-5-11(19(21,22)23)7-12(6-10)20(24,25)26/h5-8,16H,4H2,1-3H3,(H,27,28,29). The van der Waals surface area contributed by atoms with Gasteiger partial charge < -0.3 is 19.5 Å². The van der Waals surface area contributed by atoms with E-state index in [2.05, 4.69) is 15.3 Å². The van der Waals surface area contributed by atoms with Crippen molar-refractivity contribution in [1.29, 1.82) is 0 Å². The quantitative estimate of drug-likeness (QED) is 0.255. The molecule has 0 fully saturated rings. The maximum absolute atomic E-state index is 13.2. The summed E-state index contributed by atoms with van der Waals surface area (Å²) in [6.45, 7) is 1.49. The summed E-state index contributed by atoms with van der Waals surface area (Å²) in [7, 11) is 2.21. The fourth-order valence-corrected chi connectivity index (χ4v) is 2.68. The van der Waals surface area contributed by atoms with Crippen LogP contribution in [0.1, 0.15) is 34.0 Å². The van der Waals surface area contributed by atoms with Crippen LogP contribution in [0.3, 0.4) is 0 Å². The average molecular weight is 493 g/mol. The van der Waals surface area contributed by atoms with Crippen LogP contribution in [0.15, 0.2) is 24.4 Å². The predicted octanol–water partition coefficient (Wildman–Crippen LogP) is 4.00. The third-order valence-corrected chi connectivity index (χ3v) is 4.22. The van der Waals surface area contributed by atoms with E-state index in [0.29, 0.717) is 12.1 Å². The molecule has 2 aromatic rings. The smallest absolute Gasteiger partial charge is 0.416 e. The molecule has 1 N–H and O–H groups in total. The van der Waals surface area contributed by atoms with E-state index in [1.807, 2.05) is 0 Å². The number of hydrogen-bond donors (Lipinski definition) is 1. The molecule has 1 aromatic carbocycles. The van der Waals surface area contributed by atoms with Crippen LogP contribution in [-0.2, 0) is 26.6 Å². The number of ether oxygens (including phenoxy) is 3. The Kier molecular flexibility index (Phi) is 8.24. The predicted molar refractivity (Wildman–Crippen MR) is 105 cm³/mol. The minimum Gasteiger partial charge on any atom is -0.467 e. The number of methoxy groups -OCH3 is 2. The molecular weight excluding hydrogens is 476 g/mol. The number of hydrogen-bond acceptors (Lipinski definition) is 8. The van der Waals surface area contributed by atoms with Gasteiger partial charge in [-0.3, -0.25) is 0 Å². The van der Waals surface area contributed by atoms with E-state index < -0.39 is 46.8 Å². The molecule has 1 unspecified atom stereocenters. The Hall–Kier alpha value is -3.64. The molecule has 34 heavy (non-hydrogen) atoms. The maximum Gasteiger partial charge on any atom is 0.416 e. The number of esters is 1. The van der Waals surface area contributed by atoms with Gasteiger partial charge in [0.1, 0.15) is 17.3 Å². The summed E-state index contributed by atoms with van der Waals surface area (Å²) in [5, 5.41) is 2.46. The van der Waals surface area contributed by atoms with Crippen LogP contribution in [0.4, 0.5) is 32.2 Å². The lowest BCUT2D eigenvalue weighted by Gasteiger charge is -2.21. The number of rotatable bonds is 8. The van der Waals surface area contributed by atoms with E-state index in [1.54, 1.807) is 0 Å². The second-order valence-corrected chi connectivity index (χ2v) is 6.41. The highest BCUT2D eigenvalue weighted by molar-refractivity contribution is 5.96. The van der Waals surface area contributed by atoms with Gasteiger partial charge in [-0.25, -0.2) is 14.6 Å². The third-order valence-electron chi connectivity index (χ3n) is 4.22. The van der Waals surface area contributed by atoms with Gasteiger partial charge in [0, 0.05) is 7.11 Å². The second kappa shape index (κ2) is 10.5. The summed E-state index contributed by atoms with van der Waals surface area (Å²) in [6, 6.07) is 0.349. The molecule has 1 atom stereocenters. The van der Waals surface area contributed by atoms with Crippen molar-refractivity contribution in [2.75, 3.05) is 26.1 Å². The molecule has 14 heteroatoms. The Balaban J connectivity index is 2.60. The summed E-state index contributed by atoms with van der Waals surface area (Å²) >= 11 is 0. The Morgan fingerprint density at radius 1 is 1.09 bits per heavy atom. The number of carbonyl (C=O) groups excluding carboxylic acids is 2. The SMILES string of the molecule is CCOC(=O)c1cnc(OC)nc1NC(OC)C(=C=O)c1cc(C(F)(F)F)cc(C(F)(F)F)c1. The topological polar surface area (TPSA) is 99.6 Å². The van der Waals surface area contributed by atoms with Gasteiger partial charge in [-0.2, -0.15) is 31.3 Å². The number of nitrogens with zero attached hydrogens (tertiary/aromatic N) is 2. The zero-order chi connectivity index (χ0) is 25.7. The Morgan fingerprint density at radius 2 is 1.68 bits per heavy atom. The highest BCUT2D eigenvalue weighted by Crippen LogP contribution is 2.38. The van der Waals surface area contributed by atoms with Crippen molar-refractivity contribution in [1.82, 2.24) is 9.97 Å². The first kappa shape index (κ1) is 26.6. The average Bonchev–Trinajstić information content (AvgIpc) is 2.77. The third kappa shape index (κ3) is 6.23. The van der Waals surface area contributed by atoms with Crippen LogP contribution in [0.5, 0.6) is 6.01 Å². The zero-order valence-corrected chi connectivity index (χ0v) is 17.8. The molecule has 0 amide bonds. The largest absolute Gasteiger partial charge is 0.467 e. The first-order valence-electron chi connectivity index (χ1n) is 9.28. The number of benzene rings is 1. The van der Waals surface area contributed by atoms with Crippen LogP contribution >= 0.6 is 0 Å². The van der Waals surface area contributed by atoms with E-state index in [-0.39, 0.29) is 30.1 Å². The number of alkyl halides is 6. The van der Waals surface area contributed by atoms with E-state index in [4.69, 9.17) is 14.2 Å². The zero-order valence-electron chi connectivity index (χ0n) is 17.8. The van der Waals surface area contributed by atoms with Crippen molar-refractivity contribution in [3.05, 3.63) is 46.6 Å². The lowest BCUT2D eigenvalue weighted by Crippen LogP contribution is -2.27. The Bertz CT molecular complexity index is 1060. The number of anilines is 1. The summed E-state index contributed by atoms with van der Waals surface area (Å²) in [4.78, 5) is 31.5. The molecule has 0 saturated heterocycles. The monoisotopic (exact) mass is 493 g/mol. The molecule has 2 rings (SSSR count). The van der Waals surface area contributed by atoms with Crippen LogP contribution in [0, 0.1) is 0 Å². The lowest BCUT2D eigenvalue weighted by atomic mass is 9.98. The molecule has 8 nitrogen and oxygen atoms in total. The van der Waals surface area contributed by atoms with E-state index >= 15 is 0 Å². The summed E-state index contributed by atoms with van der Waals surface area (Å²) in [5.41, 5.74) is -5.08. The molecule has 0 radical (unpaired) electrons. The summed E-state index contributed by atoms with van der Waals surface area (Å²) in [6.07, 6.45) is -11.0. The van der Waals surface area contributed by atoms with Gasteiger partial charge in [0.25, 0.3) is 0 Å².